The number of sulfonamides is 1. The maximum absolute atomic E-state index is 11.0. The summed E-state index contributed by atoms with van der Waals surface area (Å²) in [5, 5.41) is 6.45. The van der Waals surface area contributed by atoms with Gasteiger partial charge < -0.3 is 20.1 Å². The molecule has 0 saturated carbocycles. The van der Waals surface area contributed by atoms with E-state index in [-0.39, 0.29) is 30.8 Å². The molecule has 1 aromatic rings. The summed E-state index contributed by atoms with van der Waals surface area (Å²) < 4.78 is 35.1. The Morgan fingerprint density at radius 2 is 1.96 bits per heavy atom. The molecule has 0 fully saturated rings. The van der Waals surface area contributed by atoms with Crippen LogP contribution in [0.2, 0.25) is 0 Å². The summed E-state index contributed by atoms with van der Waals surface area (Å²) in [6.45, 7) is 4.70. The molecule has 3 N–H and O–H groups in total. The largest absolute Gasteiger partial charge is 0.454 e. The standard InChI is InChI=1S/C16H26N4O4S.HI/c1-3-17-16(18-8-4-9-20-25(2,21)22)19-10-7-13-5-6-14-15(11-13)24-12-23-14;/h5-6,11,20H,3-4,7-10,12H2,1-2H3,(H2,17,18,19);1H. The molecule has 1 aliphatic heterocycles. The summed E-state index contributed by atoms with van der Waals surface area (Å²) in [6.07, 6.45) is 2.63. The molecule has 0 aliphatic carbocycles. The van der Waals surface area contributed by atoms with Gasteiger partial charge in [-0.25, -0.2) is 13.1 Å². The van der Waals surface area contributed by atoms with Gasteiger partial charge in [0.2, 0.25) is 16.8 Å². The van der Waals surface area contributed by atoms with Crippen molar-refractivity contribution in [1.29, 1.82) is 0 Å². The summed E-state index contributed by atoms with van der Waals surface area (Å²) in [7, 11) is -3.13. The number of fused-ring (bicyclic) bond motifs is 1. The third-order valence-electron chi connectivity index (χ3n) is 3.46. The quantitative estimate of drug-likeness (QED) is 0.204. The van der Waals surface area contributed by atoms with E-state index in [9.17, 15) is 8.42 Å². The molecule has 0 unspecified atom stereocenters. The lowest BCUT2D eigenvalue weighted by Gasteiger charge is -2.11. The fourth-order valence-electron chi connectivity index (χ4n) is 2.29. The van der Waals surface area contributed by atoms with E-state index in [0.29, 0.717) is 19.5 Å². The Balaban J connectivity index is 0.00000338. The summed E-state index contributed by atoms with van der Waals surface area (Å²) in [5.41, 5.74) is 1.16. The predicted molar refractivity (Wildman–Crippen MR) is 113 cm³/mol. The molecular weight excluding hydrogens is 471 g/mol. The lowest BCUT2D eigenvalue weighted by atomic mass is 10.1. The van der Waals surface area contributed by atoms with Crippen LogP contribution >= 0.6 is 24.0 Å². The number of hydrogen-bond donors (Lipinski definition) is 3. The fourth-order valence-corrected chi connectivity index (χ4v) is 2.81. The SMILES string of the molecule is CCNC(=NCCCNS(C)(=O)=O)NCCc1ccc2c(c1)OCO2.I. The van der Waals surface area contributed by atoms with E-state index in [1.165, 1.54) is 0 Å². The highest BCUT2D eigenvalue weighted by Gasteiger charge is 2.12. The lowest BCUT2D eigenvalue weighted by molar-refractivity contribution is 0.174. The molecule has 26 heavy (non-hydrogen) atoms. The van der Waals surface area contributed by atoms with Crippen molar-refractivity contribution in [3.05, 3.63) is 23.8 Å². The first-order valence-corrected chi connectivity index (χ1v) is 10.2. The van der Waals surface area contributed by atoms with Crippen LogP contribution < -0.4 is 24.8 Å². The van der Waals surface area contributed by atoms with Gasteiger partial charge in [-0.1, -0.05) is 6.07 Å². The van der Waals surface area contributed by atoms with Gasteiger partial charge in [0.25, 0.3) is 0 Å². The van der Waals surface area contributed by atoms with E-state index in [1.807, 2.05) is 25.1 Å². The Hall–Kier alpha value is -1.27. The highest BCUT2D eigenvalue weighted by molar-refractivity contribution is 14.0. The molecule has 0 radical (unpaired) electrons. The van der Waals surface area contributed by atoms with E-state index in [0.717, 1.165) is 48.8 Å². The van der Waals surface area contributed by atoms with Gasteiger partial charge in [-0.05, 0) is 37.5 Å². The van der Waals surface area contributed by atoms with Crippen molar-refractivity contribution >= 4 is 40.0 Å². The van der Waals surface area contributed by atoms with Gasteiger partial charge >= 0.3 is 0 Å². The van der Waals surface area contributed by atoms with Crippen LogP contribution in [-0.4, -0.2) is 53.6 Å². The first-order valence-electron chi connectivity index (χ1n) is 8.33. The third-order valence-corrected chi connectivity index (χ3v) is 4.18. The molecule has 0 spiro atoms. The molecule has 1 heterocycles. The number of hydrogen-bond acceptors (Lipinski definition) is 5. The van der Waals surface area contributed by atoms with Crippen molar-refractivity contribution in [2.75, 3.05) is 39.2 Å². The van der Waals surface area contributed by atoms with Crippen LogP contribution in [0.25, 0.3) is 0 Å². The van der Waals surface area contributed by atoms with Gasteiger partial charge in [-0.3, -0.25) is 4.99 Å². The van der Waals surface area contributed by atoms with Crippen molar-refractivity contribution in [2.45, 2.75) is 19.8 Å². The lowest BCUT2D eigenvalue weighted by Crippen LogP contribution is -2.38. The summed E-state index contributed by atoms with van der Waals surface area (Å²) in [5.74, 6) is 2.30. The molecular formula is C16H27IN4O4S. The number of ether oxygens (including phenoxy) is 2. The second-order valence-electron chi connectivity index (χ2n) is 5.65. The molecule has 2 rings (SSSR count). The molecule has 0 amide bonds. The van der Waals surface area contributed by atoms with Crippen molar-refractivity contribution in [1.82, 2.24) is 15.4 Å². The zero-order valence-corrected chi connectivity index (χ0v) is 18.2. The van der Waals surface area contributed by atoms with Gasteiger partial charge in [0, 0.05) is 26.2 Å². The normalized spacial score (nSPS) is 13.2. The van der Waals surface area contributed by atoms with Crippen LogP contribution in [0.15, 0.2) is 23.2 Å². The number of halogens is 1. The molecule has 8 nitrogen and oxygen atoms in total. The van der Waals surface area contributed by atoms with Crippen LogP contribution in [0.4, 0.5) is 0 Å². The van der Waals surface area contributed by atoms with E-state index < -0.39 is 10.0 Å². The third kappa shape index (κ3) is 8.41. The number of guanidine groups is 1. The average Bonchev–Trinajstić information content (AvgIpc) is 3.01. The van der Waals surface area contributed by atoms with E-state index in [2.05, 4.69) is 20.3 Å². The minimum absolute atomic E-state index is 0. The number of aliphatic imine (C=N–C) groups is 1. The summed E-state index contributed by atoms with van der Waals surface area (Å²) in [4.78, 5) is 4.44. The van der Waals surface area contributed by atoms with Crippen molar-refractivity contribution in [3.8, 4) is 11.5 Å². The molecule has 0 atom stereocenters. The monoisotopic (exact) mass is 498 g/mol. The number of benzene rings is 1. The molecule has 1 aliphatic rings. The Morgan fingerprint density at radius 1 is 1.19 bits per heavy atom. The first kappa shape index (κ1) is 22.8. The number of nitrogens with one attached hydrogen (secondary N) is 3. The van der Waals surface area contributed by atoms with Crippen LogP contribution in [0.5, 0.6) is 11.5 Å². The molecule has 148 valence electrons. The summed E-state index contributed by atoms with van der Waals surface area (Å²) in [6, 6.07) is 5.94. The number of rotatable bonds is 9. The maximum Gasteiger partial charge on any atom is 0.231 e. The van der Waals surface area contributed by atoms with Crippen LogP contribution in [-0.2, 0) is 16.4 Å². The minimum Gasteiger partial charge on any atom is -0.454 e. The molecule has 1 aromatic carbocycles. The second-order valence-corrected chi connectivity index (χ2v) is 7.48. The van der Waals surface area contributed by atoms with Crippen molar-refractivity contribution in [3.63, 3.8) is 0 Å². The zero-order chi connectivity index (χ0) is 18.1. The first-order chi connectivity index (χ1) is 12.0. The Kier molecular flexibility index (Phi) is 10.0. The van der Waals surface area contributed by atoms with Crippen molar-refractivity contribution in [2.24, 2.45) is 4.99 Å². The molecule has 0 saturated heterocycles. The topological polar surface area (TPSA) is 101 Å². The van der Waals surface area contributed by atoms with E-state index in [1.54, 1.807) is 0 Å². The Labute approximate surface area is 172 Å². The molecule has 0 bridgehead atoms. The predicted octanol–water partition coefficient (Wildman–Crippen LogP) is 1.07. The van der Waals surface area contributed by atoms with Crippen LogP contribution in [0.3, 0.4) is 0 Å². The fraction of sp³-hybridized carbons (Fsp3) is 0.562. The Bertz CT molecular complexity index is 697. The van der Waals surface area contributed by atoms with Gasteiger partial charge in [0.15, 0.2) is 17.5 Å². The second kappa shape index (κ2) is 11.4. The van der Waals surface area contributed by atoms with Crippen LogP contribution in [0, 0.1) is 0 Å². The van der Waals surface area contributed by atoms with Gasteiger partial charge in [-0.2, -0.15) is 0 Å². The van der Waals surface area contributed by atoms with Gasteiger partial charge in [-0.15, -0.1) is 24.0 Å². The van der Waals surface area contributed by atoms with E-state index >= 15 is 0 Å². The molecule has 10 heteroatoms. The average molecular weight is 498 g/mol. The van der Waals surface area contributed by atoms with Crippen LogP contribution in [0.1, 0.15) is 18.9 Å². The van der Waals surface area contributed by atoms with Gasteiger partial charge in [0.05, 0.1) is 6.26 Å². The Morgan fingerprint density at radius 3 is 2.69 bits per heavy atom. The zero-order valence-electron chi connectivity index (χ0n) is 15.1. The minimum atomic E-state index is -3.13. The highest BCUT2D eigenvalue weighted by Crippen LogP contribution is 2.32. The molecule has 0 aromatic heterocycles. The summed E-state index contributed by atoms with van der Waals surface area (Å²) >= 11 is 0. The highest BCUT2D eigenvalue weighted by atomic mass is 127. The smallest absolute Gasteiger partial charge is 0.231 e. The van der Waals surface area contributed by atoms with E-state index in [4.69, 9.17) is 9.47 Å². The number of nitrogens with zero attached hydrogens (tertiary/aromatic N) is 1. The maximum atomic E-state index is 11.0. The van der Waals surface area contributed by atoms with Crippen molar-refractivity contribution < 1.29 is 17.9 Å². The van der Waals surface area contributed by atoms with Gasteiger partial charge in [0.1, 0.15) is 0 Å².